The summed E-state index contributed by atoms with van der Waals surface area (Å²) in [4.78, 5) is 51.1. The zero-order valence-corrected chi connectivity index (χ0v) is 33.1. The van der Waals surface area contributed by atoms with Gasteiger partial charge in [0.05, 0.1) is 18.8 Å². The molecule has 0 aromatic carbocycles. The molecule has 0 radical (unpaired) electrons. The van der Waals surface area contributed by atoms with Crippen molar-refractivity contribution in [1.82, 2.24) is 20.2 Å². The van der Waals surface area contributed by atoms with Gasteiger partial charge >= 0.3 is 5.69 Å². The second kappa shape index (κ2) is 22.5. The summed E-state index contributed by atoms with van der Waals surface area (Å²) >= 11 is 0. The maximum absolute atomic E-state index is 13.1. The van der Waals surface area contributed by atoms with Crippen molar-refractivity contribution < 1.29 is 69.4 Å². The largest absolute Gasteiger partial charge is 0.394 e. The first-order valence-electron chi connectivity index (χ1n) is 20.1. The number of carbonyl (C=O) groups is 2. The molecule has 1 aromatic rings. The first-order chi connectivity index (χ1) is 27.5. The molecule has 1 aromatic heterocycles. The highest BCUT2D eigenvalue weighted by atomic mass is 16.8. The Morgan fingerprint density at radius 1 is 0.828 bits per heavy atom. The molecule has 4 heterocycles. The van der Waals surface area contributed by atoms with Crippen molar-refractivity contribution in [3.63, 3.8) is 0 Å². The molecule has 3 aliphatic heterocycles. The number of ether oxygens (including phenoxy) is 4. The molecule has 15 atom stereocenters. The van der Waals surface area contributed by atoms with Gasteiger partial charge in [0.1, 0.15) is 60.9 Å². The van der Waals surface area contributed by atoms with Crippen molar-refractivity contribution >= 4 is 11.8 Å². The van der Waals surface area contributed by atoms with Crippen LogP contribution in [-0.4, -0.2) is 155 Å². The third-order valence-corrected chi connectivity index (χ3v) is 10.7. The van der Waals surface area contributed by atoms with Gasteiger partial charge in [0.15, 0.2) is 18.8 Å². The van der Waals surface area contributed by atoms with E-state index in [1.807, 2.05) is 4.98 Å². The molecule has 3 saturated heterocycles. The van der Waals surface area contributed by atoms with Crippen molar-refractivity contribution in [3.05, 3.63) is 45.3 Å². The van der Waals surface area contributed by atoms with Crippen LogP contribution in [0.25, 0.3) is 0 Å². The van der Waals surface area contributed by atoms with E-state index in [4.69, 9.17) is 18.9 Å². The Kier molecular flexibility index (Phi) is 18.4. The number of H-pyrrole nitrogens is 1. The number of unbranched alkanes of at least 4 members (excludes halogenated alkanes) is 7. The average Bonchev–Trinajstić information content (AvgIpc) is 3.46. The van der Waals surface area contributed by atoms with Crippen LogP contribution in [0.1, 0.15) is 91.2 Å². The maximum Gasteiger partial charge on any atom is 0.330 e. The molecule has 330 valence electrons. The fourth-order valence-corrected chi connectivity index (χ4v) is 7.45. The smallest absolute Gasteiger partial charge is 0.330 e. The lowest BCUT2D eigenvalue weighted by Crippen LogP contribution is -2.68. The molecule has 58 heavy (non-hydrogen) atoms. The highest BCUT2D eigenvalue weighted by molar-refractivity contribution is 5.87. The van der Waals surface area contributed by atoms with E-state index < -0.39 is 128 Å². The predicted octanol–water partition coefficient (Wildman–Crippen LogP) is -2.48. The molecule has 20 nitrogen and oxygen atoms in total. The molecule has 0 saturated carbocycles. The van der Waals surface area contributed by atoms with Crippen LogP contribution in [0, 0.1) is 5.92 Å². The van der Waals surface area contributed by atoms with Crippen molar-refractivity contribution in [2.45, 2.75) is 177 Å². The van der Waals surface area contributed by atoms with Crippen LogP contribution in [0.3, 0.4) is 0 Å². The number of rotatable bonds is 20. The summed E-state index contributed by atoms with van der Waals surface area (Å²) in [7, 11) is 0. The van der Waals surface area contributed by atoms with E-state index in [-0.39, 0.29) is 0 Å². The van der Waals surface area contributed by atoms with Crippen LogP contribution in [0.5, 0.6) is 0 Å². The first-order valence-corrected chi connectivity index (χ1v) is 20.1. The third-order valence-electron chi connectivity index (χ3n) is 10.7. The van der Waals surface area contributed by atoms with Gasteiger partial charge in [-0.05, 0) is 24.8 Å². The Balaban J connectivity index is 1.46. The van der Waals surface area contributed by atoms with E-state index in [0.717, 1.165) is 49.4 Å². The highest BCUT2D eigenvalue weighted by Crippen LogP contribution is 2.34. The summed E-state index contributed by atoms with van der Waals surface area (Å²) in [6, 6.07) is -2.01. The van der Waals surface area contributed by atoms with Crippen LogP contribution in [0.4, 0.5) is 0 Å². The summed E-state index contributed by atoms with van der Waals surface area (Å²) in [5.41, 5.74) is -1.68. The van der Waals surface area contributed by atoms with Crippen molar-refractivity contribution in [1.29, 1.82) is 0 Å². The molecule has 4 rings (SSSR count). The predicted molar refractivity (Wildman–Crippen MR) is 202 cm³/mol. The molecular formula is C38H62N4O16. The van der Waals surface area contributed by atoms with Crippen molar-refractivity contribution in [2.24, 2.45) is 5.92 Å². The number of aromatic amines is 1. The number of allylic oxidation sites excluding steroid dienone is 1. The average molecular weight is 831 g/mol. The zero-order valence-electron chi connectivity index (χ0n) is 33.1. The second-order valence-corrected chi connectivity index (χ2v) is 15.8. The van der Waals surface area contributed by atoms with Gasteiger partial charge in [0.25, 0.3) is 5.56 Å². The molecule has 2 amide bonds. The number of hydrogen-bond donors (Lipinski definition) is 11. The van der Waals surface area contributed by atoms with E-state index in [1.54, 1.807) is 6.08 Å². The van der Waals surface area contributed by atoms with Gasteiger partial charge in [-0.15, -0.1) is 0 Å². The summed E-state index contributed by atoms with van der Waals surface area (Å²) in [6.07, 6.45) is -8.97. The minimum absolute atomic E-state index is 0.598. The van der Waals surface area contributed by atoms with E-state index in [2.05, 4.69) is 24.5 Å². The molecule has 20 heteroatoms. The third kappa shape index (κ3) is 12.7. The monoisotopic (exact) mass is 830 g/mol. The van der Waals surface area contributed by atoms with Crippen LogP contribution >= 0.6 is 0 Å². The van der Waals surface area contributed by atoms with Crippen molar-refractivity contribution in [3.8, 4) is 0 Å². The number of carbonyl (C=O) groups excluding carboxylic acids is 2. The summed E-state index contributed by atoms with van der Waals surface area (Å²) < 4.78 is 24.1. The molecule has 0 bridgehead atoms. The lowest BCUT2D eigenvalue weighted by atomic mass is 9.91. The van der Waals surface area contributed by atoms with Gasteiger partial charge in [-0.1, -0.05) is 64.9 Å². The molecular weight excluding hydrogens is 768 g/mol. The van der Waals surface area contributed by atoms with Crippen molar-refractivity contribution in [2.75, 3.05) is 6.61 Å². The molecule has 11 N–H and O–H groups in total. The topological polar surface area (TPSA) is 312 Å². The molecule has 0 aliphatic carbocycles. The van der Waals surface area contributed by atoms with Crippen LogP contribution in [0.2, 0.25) is 0 Å². The fourth-order valence-electron chi connectivity index (χ4n) is 7.45. The summed E-state index contributed by atoms with van der Waals surface area (Å²) in [6.45, 7) is 4.78. The van der Waals surface area contributed by atoms with Gasteiger partial charge in [0.2, 0.25) is 11.8 Å². The fraction of sp³-hybridized carbons (Fsp3) is 0.789. The number of aliphatic hydroxyl groups is 8. The number of hydrogen-bond acceptors (Lipinski definition) is 16. The Morgan fingerprint density at radius 2 is 1.41 bits per heavy atom. The maximum atomic E-state index is 13.1. The van der Waals surface area contributed by atoms with Crippen LogP contribution < -0.4 is 21.9 Å². The second-order valence-electron chi connectivity index (χ2n) is 15.8. The summed E-state index contributed by atoms with van der Waals surface area (Å²) in [5.74, 6) is -0.641. The van der Waals surface area contributed by atoms with Crippen LogP contribution in [0.15, 0.2) is 34.0 Å². The van der Waals surface area contributed by atoms with Gasteiger partial charge in [-0.3, -0.25) is 23.9 Å². The molecule has 3 fully saturated rings. The number of nitrogens with one attached hydrogen (secondary N) is 3. The highest BCUT2D eigenvalue weighted by Gasteiger charge is 2.53. The van der Waals surface area contributed by atoms with Crippen LogP contribution in [-0.2, 0) is 28.5 Å². The zero-order chi connectivity index (χ0) is 42.7. The SMILES string of the molecule is CC(=O)N[C@@H]1[C@H](O[C@@H]2O[C@H](C[C@H](O)[C@@H]3O[C@H](n4ccc(=O)[nH]c4=O)[C@H](O)[C@@H]3O)[C@H](O)[C@H](O)[C@@H]2NC(=O)/C=C/CCCCCCCCCC(C)C)O[C@H](CO)[C@@H](O)[C@H]1O. The Hall–Kier alpha value is -3.12. The van der Waals surface area contributed by atoms with E-state index in [9.17, 15) is 60.0 Å². The van der Waals surface area contributed by atoms with Gasteiger partial charge in [-0.25, -0.2) is 4.79 Å². The minimum Gasteiger partial charge on any atom is -0.394 e. The number of amides is 2. The molecule has 3 aliphatic rings. The number of aromatic nitrogens is 2. The lowest BCUT2D eigenvalue weighted by molar-refractivity contribution is -0.346. The molecule has 0 unspecified atom stereocenters. The van der Waals surface area contributed by atoms with E-state index in [0.29, 0.717) is 12.3 Å². The minimum atomic E-state index is -1.85. The Labute approximate surface area is 335 Å². The van der Waals surface area contributed by atoms with Gasteiger partial charge < -0.3 is 70.4 Å². The summed E-state index contributed by atoms with van der Waals surface area (Å²) in [5, 5.41) is 91.4. The van der Waals surface area contributed by atoms with E-state index >= 15 is 0 Å². The van der Waals surface area contributed by atoms with E-state index in [1.165, 1.54) is 31.8 Å². The lowest BCUT2D eigenvalue weighted by Gasteiger charge is -2.47. The number of nitrogens with zero attached hydrogens (tertiary/aromatic N) is 1. The quantitative estimate of drug-likeness (QED) is 0.0479. The first kappa shape index (κ1) is 47.6. The van der Waals surface area contributed by atoms with Gasteiger partial charge in [-0.2, -0.15) is 0 Å². The molecule has 0 spiro atoms. The Bertz CT molecular complexity index is 1590. The normalized spacial score (nSPS) is 34.7. The Morgan fingerprint density at radius 3 is 2.02 bits per heavy atom. The van der Waals surface area contributed by atoms with Gasteiger partial charge in [0, 0.05) is 25.6 Å². The number of aliphatic hydroxyl groups excluding tert-OH is 8. The standard InChI is InChI=1S/C38H62N4O16/c1-19(2)13-11-9-7-5-4-6-8-10-12-14-24(46)40-27-31(51)28(48)22(55-37(27)58-36-26(39-20(3)44)30(50)29(49)23(18-43)56-36)17-21(45)34-32(52)33(53)35(57-34)42-16-15-25(47)41-38(42)54/h12,14-16,19,21-23,26-37,43,45,48-53H,4-11,13,17-18H2,1-3H3,(H,39,44)(H,40,46)(H,41,47,54)/b14-12+/t21-,22+,23+,26-,27-,28-,29+,30-,31+,32-,33+,34-,35-,36-,37-/m0/s1.